The van der Waals surface area contributed by atoms with E-state index in [0.29, 0.717) is 0 Å². The number of hydrogen-bond donors (Lipinski definition) is 0. The zero-order valence-electron chi connectivity index (χ0n) is 11.1. The Balaban J connectivity index is 0.000000509. The minimum absolute atomic E-state index is 1.07. The summed E-state index contributed by atoms with van der Waals surface area (Å²) in [6.45, 7) is 10.2. The summed E-state index contributed by atoms with van der Waals surface area (Å²) in [7, 11) is 0. The Morgan fingerprint density at radius 3 is 2.19 bits per heavy atom. The van der Waals surface area contributed by atoms with Crippen LogP contribution in [0.3, 0.4) is 0 Å². The van der Waals surface area contributed by atoms with E-state index in [2.05, 4.69) is 36.2 Å². The lowest BCUT2D eigenvalue weighted by molar-refractivity contribution is 1.15. The molecule has 1 aromatic carbocycles. The number of rotatable bonds is 1. The summed E-state index contributed by atoms with van der Waals surface area (Å²) < 4.78 is 0. The van der Waals surface area contributed by atoms with Gasteiger partial charge in [-0.1, -0.05) is 52.8 Å². The summed E-state index contributed by atoms with van der Waals surface area (Å²) in [6, 6.07) is 10.3. The number of para-hydroxylation sites is 1. The van der Waals surface area contributed by atoms with Gasteiger partial charge in [0, 0.05) is 11.6 Å². The highest BCUT2D eigenvalue weighted by Gasteiger charge is 1.96. The quantitative estimate of drug-likeness (QED) is 0.665. The molecule has 1 heterocycles. The maximum absolute atomic E-state index is 4.29. The van der Waals surface area contributed by atoms with Crippen LogP contribution in [0.5, 0.6) is 0 Å². The maximum atomic E-state index is 4.29. The summed E-state index contributed by atoms with van der Waals surface area (Å²) in [4.78, 5) is 4.29. The molecular weight excluding hydrogens is 194 g/mol. The Morgan fingerprint density at radius 1 is 0.938 bits per heavy atom. The second-order valence-corrected chi connectivity index (χ2v) is 2.84. The van der Waals surface area contributed by atoms with Crippen LogP contribution in [0.25, 0.3) is 10.9 Å². The van der Waals surface area contributed by atoms with E-state index in [1.165, 1.54) is 10.9 Å². The van der Waals surface area contributed by atoms with Crippen LogP contribution in [0.4, 0.5) is 0 Å². The highest BCUT2D eigenvalue weighted by molar-refractivity contribution is 5.81. The van der Waals surface area contributed by atoms with Crippen LogP contribution in [0, 0.1) is 0 Å². The second-order valence-electron chi connectivity index (χ2n) is 2.84. The fraction of sp³-hybridized carbons (Fsp3) is 0.400. The van der Waals surface area contributed by atoms with Crippen LogP contribution in [0.1, 0.15) is 40.2 Å². The molecule has 0 spiro atoms. The highest BCUT2D eigenvalue weighted by atomic mass is 14.6. The van der Waals surface area contributed by atoms with E-state index in [1.54, 1.807) is 0 Å². The van der Waals surface area contributed by atoms with Gasteiger partial charge in [0.2, 0.25) is 0 Å². The van der Waals surface area contributed by atoms with Crippen molar-refractivity contribution in [1.29, 1.82) is 0 Å². The Morgan fingerprint density at radius 2 is 1.56 bits per heavy atom. The number of fused-ring (bicyclic) bond motifs is 1. The number of aryl methyl sites for hydroxylation is 1. The van der Waals surface area contributed by atoms with Crippen molar-refractivity contribution in [3.8, 4) is 0 Å². The topological polar surface area (TPSA) is 12.9 Å². The van der Waals surface area contributed by atoms with Crippen LogP contribution in [-0.2, 0) is 6.42 Å². The minimum atomic E-state index is 1.07. The molecule has 1 aromatic heterocycles. The second kappa shape index (κ2) is 8.90. The molecule has 2 aromatic rings. The molecule has 0 atom stereocenters. The van der Waals surface area contributed by atoms with Crippen molar-refractivity contribution < 1.29 is 0 Å². The van der Waals surface area contributed by atoms with Crippen molar-refractivity contribution in [3.63, 3.8) is 0 Å². The predicted octanol–water partition coefficient (Wildman–Crippen LogP) is 4.85. The molecule has 88 valence electrons. The van der Waals surface area contributed by atoms with Crippen LogP contribution in [-0.4, -0.2) is 4.98 Å². The van der Waals surface area contributed by atoms with Crippen molar-refractivity contribution in [1.82, 2.24) is 4.98 Å². The van der Waals surface area contributed by atoms with E-state index in [-0.39, 0.29) is 0 Å². The molecule has 0 aliphatic rings. The highest BCUT2D eigenvalue weighted by Crippen LogP contribution is 2.15. The fourth-order valence-corrected chi connectivity index (χ4v) is 1.46. The van der Waals surface area contributed by atoms with Gasteiger partial charge in [0.25, 0.3) is 0 Å². The summed E-state index contributed by atoms with van der Waals surface area (Å²) in [5.74, 6) is 0. The first-order valence-corrected chi connectivity index (χ1v) is 6.24. The van der Waals surface area contributed by atoms with Crippen molar-refractivity contribution in [2.24, 2.45) is 0 Å². The van der Waals surface area contributed by atoms with Gasteiger partial charge in [0.05, 0.1) is 5.52 Å². The summed E-state index contributed by atoms with van der Waals surface area (Å²) >= 11 is 0. The molecule has 0 aliphatic heterocycles. The van der Waals surface area contributed by atoms with Crippen molar-refractivity contribution >= 4 is 10.9 Å². The number of pyridine rings is 1. The average molecular weight is 217 g/mol. The van der Waals surface area contributed by atoms with E-state index >= 15 is 0 Å². The van der Waals surface area contributed by atoms with Crippen LogP contribution >= 0.6 is 0 Å². The molecule has 0 N–H and O–H groups in total. The van der Waals surface area contributed by atoms with E-state index < -0.39 is 0 Å². The lowest BCUT2D eigenvalue weighted by Gasteiger charge is -2.01. The third kappa shape index (κ3) is 3.65. The Labute approximate surface area is 99.5 Å². The number of aromatic nitrogens is 1. The van der Waals surface area contributed by atoms with Crippen molar-refractivity contribution in [2.45, 2.75) is 41.0 Å². The zero-order chi connectivity index (χ0) is 12.4. The molecule has 0 aliphatic carbocycles. The Bertz CT molecular complexity index is 388. The van der Waals surface area contributed by atoms with Crippen molar-refractivity contribution in [3.05, 3.63) is 42.1 Å². The van der Waals surface area contributed by atoms with Gasteiger partial charge in [-0.05, 0) is 24.1 Å². The van der Waals surface area contributed by atoms with Gasteiger partial charge in [0.15, 0.2) is 0 Å². The zero-order valence-corrected chi connectivity index (χ0v) is 11.1. The van der Waals surface area contributed by atoms with E-state index in [4.69, 9.17) is 0 Å². The lowest BCUT2D eigenvalue weighted by atomic mass is 10.1. The third-order valence-corrected chi connectivity index (χ3v) is 2.12. The molecule has 0 bridgehead atoms. The smallest absolute Gasteiger partial charge is 0.0704 e. The van der Waals surface area contributed by atoms with E-state index in [9.17, 15) is 0 Å². The number of benzene rings is 1. The summed E-state index contributed by atoms with van der Waals surface area (Å²) in [5, 5.41) is 1.28. The predicted molar refractivity (Wildman–Crippen MR) is 73.8 cm³/mol. The molecule has 2 rings (SSSR count). The minimum Gasteiger partial charge on any atom is -0.256 e. The molecule has 0 unspecified atom stereocenters. The number of hydrogen-bond acceptors (Lipinski definition) is 1. The molecule has 0 radical (unpaired) electrons. The first-order chi connectivity index (χ1) is 7.92. The normalized spacial score (nSPS) is 8.56. The summed E-state index contributed by atoms with van der Waals surface area (Å²) in [6.07, 6.45) is 2.95. The number of nitrogens with zero attached hydrogens (tertiary/aromatic N) is 1. The molecule has 0 amide bonds. The molecular formula is C15H23N. The third-order valence-electron chi connectivity index (χ3n) is 2.12. The molecule has 0 saturated carbocycles. The molecule has 0 fully saturated rings. The standard InChI is InChI=1S/C11H11N.2C2H6/c1-2-9-7-8-12-11-6-4-3-5-10(9)11;2*1-2/h3-8H,2H2,1H3;2*1-2H3. The fourth-order valence-electron chi connectivity index (χ4n) is 1.46. The van der Waals surface area contributed by atoms with Gasteiger partial charge in [0.1, 0.15) is 0 Å². The molecule has 0 saturated heterocycles. The van der Waals surface area contributed by atoms with E-state index in [0.717, 1.165) is 11.9 Å². The Kier molecular flexibility index (Phi) is 8.14. The molecule has 1 heteroatoms. The van der Waals surface area contributed by atoms with Crippen LogP contribution in [0.15, 0.2) is 36.5 Å². The molecule has 16 heavy (non-hydrogen) atoms. The SMILES string of the molecule is CC.CC.CCc1ccnc2ccccc12. The van der Waals surface area contributed by atoms with Gasteiger partial charge >= 0.3 is 0 Å². The van der Waals surface area contributed by atoms with E-state index in [1.807, 2.05) is 40.0 Å². The largest absolute Gasteiger partial charge is 0.256 e. The van der Waals surface area contributed by atoms with Crippen LogP contribution < -0.4 is 0 Å². The Hall–Kier alpha value is -1.37. The van der Waals surface area contributed by atoms with Crippen LogP contribution in [0.2, 0.25) is 0 Å². The lowest BCUT2D eigenvalue weighted by Crippen LogP contribution is -1.84. The first kappa shape index (κ1) is 14.6. The van der Waals surface area contributed by atoms with Gasteiger partial charge in [-0.15, -0.1) is 0 Å². The van der Waals surface area contributed by atoms with Gasteiger partial charge < -0.3 is 0 Å². The van der Waals surface area contributed by atoms with Gasteiger partial charge in [-0.25, -0.2) is 0 Å². The first-order valence-electron chi connectivity index (χ1n) is 6.24. The molecule has 1 nitrogen and oxygen atoms in total. The van der Waals surface area contributed by atoms with Gasteiger partial charge in [-0.3, -0.25) is 4.98 Å². The maximum Gasteiger partial charge on any atom is 0.0704 e. The van der Waals surface area contributed by atoms with Crippen molar-refractivity contribution in [2.75, 3.05) is 0 Å². The summed E-state index contributed by atoms with van der Waals surface area (Å²) in [5.41, 5.74) is 2.47. The monoisotopic (exact) mass is 217 g/mol. The average Bonchev–Trinajstić information content (AvgIpc) is 2.42. The van der Waals surface area contributed by atoms with Gasteiger partial charge in [-0.2, -0.15) is 0 Å².